The summed E-state index contributed by atoms with van der Waals surface area (Å²) >= 11 is 6.13. The predicted molar refractivity (Wildman–Crippen MR) is 200 cm³/mol. The summed E-state index contributed by atoms with van der Waals surface area (Å²) in [6.07, 6.45) is -4.49. The lowest BCUT2D eigenvalue weighted by Gasteiger charge is -2.45. The van der Waals surface area contributed by atoms with Gasteiger partial charge in [0.15, 0.2) is 6.10 Å². The molecule has 2 aromatic carbocycles. The number of hydrogen-bond acceptors (Lipinski definition) is 8. The quantitative estimate of drug-likeness (QED) is 0.341. The molecule has 4 aliphatic heterocycles. The molecule has 5 amide bonds. The Hall–Kier alpha value is -4.44. The largest absolute Gasteiger partial charge is 0.450 e. The van der Waals surface area contributed by atoms with Crippen LogP contribution < -0.4 is 11.1 Å². The first-order valence-electron chi connectivity index (χ1n) is 19.0. The molecule has 2 aromatic rings. The smallest absolute Gasteiger partial charge is 0.418 e. The number of carbonyl (C=O) groups is 4. The van der Waals surface area contributed by atoms with Crippen LogP contribution in [0.3, 0.4) is 0 Å². The van der Waals surface area contributed by atoms with Crippen molar-refractivity contribution in [2.45, 2.75) is 82.8 Å². The molecular formula is C38H49ClF3N7O6. The van der Waals surface area contributed by atoms with Crippen molar-refractivity contribution in [1.29, 1.82) is 0 Å². The van der Waals surface area contributed by atoms with Crippen LogP contribution in [0.25, 0.3) is 0 Å². The number of alkyl halides is 3. The Bertz CT molecular complexity index is 1730. The number of ether oxygens (including phenoxy) is 2. The SMILES string of the molecule is CCOC(=O)N1CCC(N2CCN(C(=O)C(Cc3cc(Cl)c(N)c(C(F)(F)F)c3)OC(=O)N3CCC(N4CCc5ccccc5NC4=O)CC3)CC2)CC1C. The van der Waals surface area contributed by atoms with Crippen molar-refractivity contribution in [3.8, 4) is 0 Å². The summed E-state index contributed by atoms with van der Waals surface area (Å²) in [6.45, 7) is 7.40. The molecule has 300 valence electrons. The molecule has 3 unspecified atom stereocenters. The van der Waals surface area contributed by atoms with Crippen LogP contribution in [0.15, 0.2) is 36.4 Å². The number of nitrogen functional groups attached to an aromatic ring is 1. The highest BCUT2D eigenvalue weighted by atomic mass is 35.5. The second-order valence-corrected chi connectivity index (χ2v) is 15.1. The van der Waals surface area contributed by atoms with Gasteiger partial charge in [-0.25, -0.2) is 14.4 Å². The summed E-state index contributed by atoms with van der Waals surface area (Å²) in [7, 11) is 0. The maximum absolute atomic E-state index is 14.1. The van der Waals surface area contributed by atoms with E-state index in [9.17, 15) is 32.3 Å². The third-order valence-electron chi connectivity index (χ3n) is 11.2. The zero-order valence-corrected chi connectivity index (χ0v) is 31.9. The van der Waals surface area contributed by atoms with Gasteiger partial charge in [0.1, 0.15) is 0 Å². The van der Waals surface area contributed by atoms with E-state index in [1.54, 1.807) is 21.6 Å². The number of halogens is 4. The third-order valence-corrected chi connectivity index (χ3v) is 11.5. The van der Waals surface area contributed by atoms with E-state index < -0.39 is 35.5 Å². The molecule has 4 heterocycles. The standard InChI is InChI=1S/C38H49ClF3N7O6/c1-3-54-37(53)48-15-11-28(20-24(48)2)45-16-18-46(19-17-45)34(50)32(23-25-21-29(38(40,41)42)33(43)30(39)22-25)55-36(52)47-12-9-27(10-13-47)49-14-8-26-6-4-5-7-31(26)44-35(49)51/h4-7,21-22,24,27-28,32H,3,8-20,23,43H2,1-2H3,(H,44,51). The highest BCUT2D eigenvalue weighted by Gasteiger charge is 2.39. The minimum atomic E-state index is -4.79. The average molecular weight is 792 g/mol. The number of benzene rings is 2. The topological polar surface area (TPSA) is 141 Å². The Kier molecular flexibility index (Phi) is 12.5. The number of hydrogen-bond donors (Lipinski definition) is 2. The van der Waals surface area contributed by atoms with Crippen molar-refractivity contribution in [3.05, 3.63) is 58.1 Å². The van der Waals surface area contributed by atoms with E-state index in [1.807, 2.05) is 31.2 Å². The monoisotopic (exact) mass is 791 g/mol. The van der Waals surface area contributed by atoms with Gasteiger partial charge in [-0.05, 0) is 75.3 Å². The number of nitrogens with zero attached hydrogens (tertiary/aromatic N) is 5. The number of likely N-dealkylation sites (tertiary alicyclic amines) is 2. The van der Waals surface area contributed by atoms with Crippen molar-refractivity contribution in [1.82, 2.24) is 24.5 Å². The Morgan fingerprint density at radius 1 is 0.945 bits per heavy atom. The van der Waals surface area contributed by atoms with Crippen LogP contribution in [0, 0.1) is 0 Å². The second kappa shape index (κ2) is 17.1. The lowest BCUT2D eigenvalue weighted by molar-refractivity contribution is -0.143. The normalized spacial score (nSPS) is 22.0. The lowest BCUT2D eigenvalue weighted by atomic mass is 9.96. The Balaban J connectivity index is 1.10. The molecule has 0 aliphatic carbocycles. The van der Waals surface area contributed by atoms with E-state index in [2.05, 4.69) is 10.2 Å². The number of para-hydroxylation sites is 1. The van der Waals surface area contributed by atoms with Crippen molar-refractivity contribution >= 4 is 47.1 Å². The van der Waals surface area contributed by atoms with Gasteiger partial charge in [0, 0.05) is 82.6 Å². The fourth-order valence-electron chi connectivity index (χ4n) is 8.18. The molecule has 0 aromatic heterocycles. The first kappa shape index (κ1) is 40.2. The van der Waals surface area contributed by atoms with E-state index in [0.717, 1.165) is 30.2 Å². The van der Waals surface area contributed by atoms with Crippen LogP contribution in [-0.4, -0.2) is 132 Å². The molecule has 0 spiro atoms. The van der Waals surface area contributed by atoms with Gasteiger partial charge in [-0.3, -0.25) is 9.69 Å². The number of fused-ring (bicyclic) bond motifs is 1. The number of amides is 5. The second-order valence-electron chi connectivity index (χ2n) is 14.6. The molecule has 0 radical (unpaired) electrons. The fraction of sp³-hybridized carbons (Fsp3) is 0.579. The number of nitrogens with two attached hydrogens (primary N) is 1. The molecule has 4 aliphatic rings. The molecule has 17 heteroatoms. The van der Waals surface area contributed by atoms with Gasteiger partial charge in [-0.2, -0.15) is 13.2 Å². The number of urea groups is 1. The van der Waals surface area contributed by atoms with Gasteiger partial charge in [0.05, 0.1) is 22.9 Å². The van der Waals surface area contributed by atoms with Crippen LogP contribution in [0.4, 0.5) is 38.9 Å². The van der Waals surface area contributed by atoms with Crippen molar-refractivity contribution in [2.75, 3.05) is 70.0 Å². The Morgan fingerprint density at radius 3 is 2.31 bits per heavy atom. The zero-order valence-electron chi connectivity index (χ0n) is 31.2. The van der Waals surface area contributed by atoms with Gasteiger partial charge in [0.2, 0.25) is 0 Å². The third kappa shape index (κ3) is 9.34. The fourth-order valence-corrected chi connectivity index (χ4v) is 8.42. The molecule has 55 heavy (non-hydrogen) atoms. The highest BCUT2D eigenvalue weighted by molar-refractivity contribution is 6.33. The number of carbonyl (C=O) groups excluding carboxylic acids is 4. The molecule has 3 fully saturated rings. The molecule has 3 saturated heterocycles. The van der Waals surface area contributed by atoms with Crippen LogP contribution in [-0.2, 0) is 33.3 Å². The summed E-state index contributed by atoms with van der Waals surface area (Å²) in [5.41, 5.74) is 5.79. The number of rotatable bonds is 7. The van der Waals surface area contributed by atoms with Crippen LogP contribution in [0.2, 0.25) is 5.02 Å². The summed E-state index contributed by atoms with van der Waals surface area (Å²) in [5, 5.41) is 2.66. The summed E-state index contributed by atoms with van der Waals surface area (Å²) in [4.78, 5) is 62.1. The molecule has 0 saturated carbocycles. The average Bonchev–Trinajstić information content (AvgIpc) is 3.33. The van der Waals surface area contributed by atoms with Gasteiger partial charge < -0.3 is 40.1 Å². The van der Waals surface area contributed by atoms with Crippen molar-refractivity contribution in [3.63, 3.8) is 0 Å². The first-order valence-corrected chi connectivity index (χ1v) is 19.3. The maximum Gasteiger partial charge on any atom is 0.418 e. The Labute approximate surface area is 323 Å². The van der Waals surface area contributed by atoms with Crippen LogP contribution in [0.5, 0.6) is 0 Å². The number of piperazine rings is 1. The van der Waals surface area contributed by atoms with Crippen LogP contribution in [0.1, 0.15) is 56.2 Å². The molecular weight excluding hydrogens is 743 g/mol. The zero-order chi connectivity index (χ0) is 39.4. The molecule has 6 rings (SSSR count). The van der Waals surface area contributed by atoms with E-state index in [1.165, 1.54) is 11.0 Å². The van der Waals surface area contributed by atoms with E-state index in [0.29, 0.717) is 65.1 Å². The van der Waals surface area contributed by atoms with E-state index in [4.69, 9.17) is 26.8 Å². The van der Waals surface area contributed by atoms with Crippen LogP contribution >= 0.6 is 11.6 Å². The highest BCUT2D eigenvalue weighted by Crippen LogP contribution is 2.38. The molecule has 13 nitrogen and oxygen atoms in total. The number of anilines is 2. The number of piperidine rings is 2. The minimum absolute atomic E-state index is 0.0155. The minimum Gasteiger partial charge on any atom is -0.450 e. The maximum atomic E-state index is 14.1. The predicted octanol–water partition coefficient (Wildman–Crippen LogP) is 5.70. The van der Waals surface area contributed by atoms with Gasteiger partial charge in [0.25, 0.3) is 5.91 Å². The first-order chi connectivity index (χ1) is 26.2. The Morgan fingerprint density at radius 2 is 1.64 bits per heavy atom. The number of nitrogens with one attached hydrogen (secondary N) is 1. The van der Waals surface area contributed by atoms with Gasteiger partial charge >= 0.3 is 24.4 Å². The van der Waals surface area contributed by atoms with E-state index in [-0.39, 0.29) is 60.3 Å². The summed E-state index contributed by atoms with van der Waals surface area (Å²) in [5.74, 6) is -0.518. The van der Waals surface area contributed by atoms with Gasteiger partial charge in [-0.1, -0.05) is 29.8 Å². The lowest BCUT2D eigenvalue weighted by Crippen LogP contribution is -2.58. The molecule has 3 atom stereocenters. The summed E-state index contributed by atoms with van der Waals surface area (Å²) < 4.78 is 52.7. The molecule has 3 N–H and O–H groups in total. The van der Waals surface area contributed by atoms with Crippen molar-refractivity contribution < 1.29 is 41.8 Å². The summed E-state index contributed by atoms with van der Waals surface area (Å²) in [6, 6.07) is 9.62. The van der Waals surface area contributed by atoms with E-state index >= 15 is 0 Å². The van der Waals surface area contributed by atoms with Crippen molar-refractivity contribution in [2.24, 2.45) is 0 Å². The molecule has 0 bridgehead atoms. The van der Waals surface area contributed by atoms with Gasteiger partial charge in [-0.15, -0.1) is 0 Å².